The van der Waals surface area contributed by atoms with Crippen molar-refractivity contribution in [3.05, 3.63) is 29.5 Å². The van der Waals surface area contributed by atoms with Crippen LogP contribution in [0.3, 0.4) is 0 Å². The number of aromatic carboxylic acids is 1. The van der Waals surface area contributed by atoms with E-state index < -0.39 is 16.0 Å². The lowest BCUT2D eigenvalue weighted by Crippen LogP contribution is -2.22. The first kappa shape index (κ1) is 15.3. The molecule has 0 aliphatic carbocycles. The zero-order valence-electron chi connectivity index (χ0n) is 12.0. The summed E-state index contributed by atoms with van der Waals surface area (Å²) in [4.78, 5) is 16.0. The number of hydrogen-bond donors (Lipinski definition) is 3. The summed E-state index contributed by atoms with van der Waals surface area (Å²) in [7, 11) is 0.346. The van der Waals surface area contributed by atoms with E-state index in [1.807, 2.05) is 31.1 Å². The number of benzene rings is 1. The number of carbonyl (C=O) groups is 1. The van der Waals surface area contributed by atoms with E-state index in [0.29, 0.717) is 16.5 Å². The van der Waals surface area contributed by atoms with Crippen molar-refractivity contribution in [1.82, 2.24) is 9.71 Å². The number of fused-ring (bicyclic) bond motifs is 1. The number of carboxylic acids is 1. The van der Waals surface area contributed by atoms with Gasteiger partial charge in [0.15, 0.2) is 0 Å². The Labute approximate surface area is 122 Å². The van der Waals surface area contributed by atoms with Crippen LogP contribution in [0.25, 0.3) is 10.9 Å². The first-order valence-corrected chi connectivity index (χ1v) is 8.08. The van der Waals surface area contributed by atoms with Gasteiger partial charge in [-0.3, -0.25) is 0 Å². The molecular formula is C13H17N3O4S. The van der Waals surface area contributed by atoms with Crippen molar-refractivity contribution >= 4 is 32.6 Å². The van der Waals surface area contributed by atoms with Gasteiger partial charge in [-0.2, -0.15) is 0 Å². The number of nitrogens with one attached hydrogen (secondary N) is 2. The average molecular weight is 311 g/mol. The number of carboxylic acid groups (broad SMARTS) is 1. The number of hydrogen-bond acceptors (Lipinski definition) is 4. The summed E-state index contributed by atoms with van der Waals surface area (Å²) >= 11 is 0. The number of rotatable bonds is 5. The van der Waals surface area contributed by atoms with Crippen molar-refractivity contribution in [3.8, 4) is 0 Å². The van der Waals surface area contributed by atoms with Crippen molar-refractivity contribution in [3.63, 3.8) is 0 Å². The maximum Gasteiger partial charge on any atom is 0.352 e. The van der Waals surface area contributed by atoms with Gasteiger partial charge in [-0.25, -0.2) is 17.9 Å². The first-order chi connectivity index (χ1) is 9.69. The van der Waals surface area contributed by atoms with Crippen LogP contribution in [0.4, 0.5) is 5.69 Å². The van der Waals surface area contributed by atoms with E-state index in [4.69, 9.17) is 0 Å². The van der Waals surface area contributed by atoms with Gasteiger partial charge in [-0.05, 0) is 18.2 Å². The number of anilines is 1. The van der Waals surface area contributed by atoms with Crippen molar-refractivity contribution in [1.29, 1.82) is 0 Å². The fraction of sp³-hybridized carbons (Fsp3) is 0.308. The van der Waals surface area contributed by atoms with E-state index in [9.17, 15) is 18.3 Å². The van der Waals surface area contributed by atoms with E-state index in [2.05, 4.69) is 9.71 Å². The minimum atomic E-state index is -3.41. The zero-order chi connectivity index (χ0) is 15.8. The third kappa shape index (κ3) is 3.34. The quantitative estimate of drug-likeness (QED) is 0.764. The summed E-state index contributed by atoms with van der Waals surface area (Å²) in [6.07, 6.45) is 1.04. The molecule has 3 N–H and O–H groups in total. The van der Waals surface area contributed by atoms with Gasteiger partial charge in [-0.1, -0.05) is 0 Å². The molecule has 0 aliphatic rings. The lowest BCUT2D eigenvalue weighted by atomic mass is 10.1. The maximum atomic E-state index is 11.3. The Hall–Kier alpha value is -2.06. The molecule has 114 valence electrons. The normalized spacial score (nSPS) is 11.8. The van der Waals surface area contributed by atoms with Crippen LogP contribution in [-0.2, 0) is 16.6 Å². The Morgan fingerprint density at radius 1 is 1.38 bits per heavy atom. The molecule has 0 bridgehead atoms. The number of aromatic nitrogens is 1. The summed E-state index contributed by atoms with van der Waals surface area (Å²) in [5, 5.41) is 9.95. The molecule has 0 saturated heterocycles. The summed E-state index contributed by atoms with van der Waals surface area (Å²) in [5.74, 6) is -1.12. The molecule has 7 nitrogen and oxygen atoms in total. The Bertz CT molecular complexity index is 793. The molecule has 1 aromatic carbocycles. The lowest BCUT2D eigenvalue weighted by Gasteiger charge is -2.12. The van der Waals surface area contributed by atoms with Crippen LogP contribution in [0.5, 0.6) is 0 Å². The van der Waals surface area contributed by atoms with Gasteiger partial charge in [0.05, 0.1) is 6.26 Å². The zero-order valence-corrected chi connectivity index (χ0v) is 12.8. The van der Waals surface area contributed by atoms with Crippen LogP contribution in [0.2, 0.25) is 0 Å². The van der Waals surface area contributed by atoms with Gasteiger partial charge in [0.25, 0.3) is 0 Å². The molecule has 2 rings (SSSR count). The smallest absolute Gasteiger partial charge is 0.352 e. The number of aromatic amines is 1. The molecule has 2 aromatic rings. The number of sulfonamides is 1. The molecule has 0 radical (unpaired) electrons. The average Bonchev–Trinajstić information content (AvgIpc) is 2.73. The minimum Gasteiger partial charge on any atom is -0.477 e. The van der Waals surface area contributed by atoms with Gasteiger partial charge < -0.3 is 15.0 Å². The van der Waals surface area contributed by atoms with Crippen LogP contribution in [0, 0.1) is 0 Å². The molecular weight excluding hydrogens is 294 g/mol. The molecule has 21 heavy (non-hydrogen) atoms. The minimum absolute atomic E-state index is 0.00273. The maximum absolute atomic E-state index is 11.3. The highest BCUT2D eigenvalue weighted by atomic mass is 32.2. The Morgan fingerprint density at radius 3 is 2.57 bits per heavy atom. The molecule has 0 atom stereocenters. The highest BCUT2D eigenvalue weighted by molar-refractivity contribution is 7.88. The van der Waals surface area contributed by atoms with E-state index in [1.165, 1.54) is 0 Å². The Kier molecular flexibility index (Phi) is 3.93. The second kappa shape index (κ2) is 5.38. The summed E-state index contributed by atoms with van der Waals surface area (Å²) < 4.78 is 24.8. The highest BCUT2D eigenvalue weighted by Crippen LogP contribution is 2.27. The molecule has 0 saturated carbocycles. The van der Waals surface area contributed by atoms with Crippen LogP contribution < -0.4 is 9.62 Å². The predicted octanol–water partition coefficient (Wildman–Crippen LogP) is 0.981. The molecule has 0 amide bonds. The number of nitrogens with zero attached hydrogens (tertiary/aromatic N) is 1. The largest absolute Gasteiger partial charge is 0.477 e. The second-order valence-electron chi connectivity index (χ2n) is 5.00. The first-order valence-electron chi connectivity index (χ1n) is 6.19. The fourth-order valence-electron chi connectivity index (χ4n) is 2.08. The van der Waals surface area contributed by atoms with Gasteiger partial charge >= 0.3 is 5.97 Å². The molecule has 0 fully saturated rings. The van der Waals surface area contributed by atoms with E-state index in [1.54, 1.807) is 6.07 Å². The fourth-order valence-corrected chi connectivity index (χ4v) is 2.49. The molecule has 0 unspecified atom stereocenters. The Balaban J connectivity index is 2.59. The number of H-pyrrole nitrogens is 1. The monoisotopic (exact) mass is 311 g/mol. The van der Waals surface area contributed by atoms with Gasteiger partial charge in [0, 0.05) is 42.8 Å². The highest BCUT2D eigenvalue weighted by Gasteiger charge is 2.18. The van der Waals surface area contributed by atoms with Crippen LogP contribution in [-0.4, -0.2) is 44.8 Å². The topological polar surface area (TPSA) is 102 Å². The Morgan fingerprint density at radius 2 is 2.05 bits per heavy atom. The summed E-state index contributed by atoms with van der Waals surface area (Å²) in [6.45, 7) is -0.0721. The third-order valence-corrected chi connectivity index (χ3v) is 3.80. The SMILES string of the molecule is CN(C)c1ccc2[nH]c(C(=O)O)c(CNS(C)(=O)=O)c2c1. The molecule has 0 aliphatic heterocycles. The van der Waals surface area contributed by atoms with Crippen molar-refractivity contribution in [2.75, 3.05) is 25.3 Å². The lowest BCUT2D eigenvalue weighted by molar-refractivity contribution is 0.0690. The second-order valence-corrected chi connectivity index (χ2v) is 6.83. The van der Waals surface area contributed by atoms with Gasteiger partial charge in [-0.15, -0.1) is 0 Å². The van der Waals surface area contributed by atoms with E-state index >= 15 is 0 Å². The molecule has 8 heteroatoms. The van der Waals surface area contributed by atoms with Crippen molar-refractivity contribution < 1.29 is 18.3 Å². The van der Waals surface area contributed by atoms with E-state index in [-0.39, 0.29) is 12.2 Å². The van der Waals surface area contributed by atoms with Crippen molar-refractivity contribution in [2.24, 2.45) is 0 Å². The standard InChI is InChI=1S/C13H17N3O4S/c1-16(2)8-4-5-11-9(6-8)10(7-14-21(3,19)20)12(15-11)13(17)18/h4-6,14-15H,7H2,1-3H3,(H,17,18). The van der Waals surface area contributed by atoms with Crippen LogP contribution in [0.15, 0.2) is 18.2 Å². The van der Waals surface area contributed by atoms with Crippen LogP contribution in [0.1, 0.15) is 16.1 Å². The summed E-state index contributed by atoms with van der Waals surface area (Å²) in [5.41, 5.74) is 1.98. The van der Waals surface area contributed by atoms with Gasteiger partial charge in [0.2, 0.25) is 10.0 Å². The van der Waals surface area contributed by atoms with Gasteiger partial charge in [0.1, 0.15) is 5.69 Å². The molecule has 1 aromatic heterocycles. The van der Waals surface area contributed by atoms with E-state index in [0.717, 1.165) is 11.9 Å². The van der Waals surface area contributed by atoms with Crippen molar-refractivity contribution in [2.45, 2.75) is 6.54 Å². The summed E-state index contributed by atoms with van der Waals surface area (Å²) in [6, 6.07) is 5.47. The van der Waals surface area contributed by atoms with Crippen LogP contribution >= 0.6 is 0 Å². The molecule has 0 spiro atoms. The predicted molar refractivity (Wildman–Crippen MR) is 81.3 cm³/mol. The molecule has 1 heterocycles. The third-order valence-electron chi connectivity index (χ3n) is 3.13.